The summed E-state index contributed by atoms with van der Waals surface area (Å²) in [5.41, 5.74) is 3.68. The average molecular weight is 488 g/mol. The number of rotatable bonds is 10. The van der Waals surface area contributed by atoms with Crippen molar-refractivity contribution in [3.8, 4) is 11.3 Å². The number of aromatic nitrogens is 1. The van der Waals surface area contributed by atoms with E-state index in [1.54, 1.807) is 42.5 Å². The van der Waals surface area contributed by atoms with Gasteiger partial charge in [-0.15, -0.1) is 0 Å². The summed E-state index contributed by atoms with van der Waals surface area (Å²) in [6, 6.07) is 15.8. The zero-order valence-electron chi connectivity index (χ0n) is 18.2. The Labute approximate surface area is 198 Å². The second kappa shape index (κ2) is 11.3. The van der Waals surface area contributed by atoms with Crippen LogP contribution < -0.4 is 10.0 Å². The third kappa shape index (κ3) is 7.02. The summed E-state index contributed by atoms with van der Waals surface area (Å²) in [7, 11) is -3.61. The van der Waals surface area contributed by atoms with E-state index in [9.17, 15) is 13.2 Å². The van der Waals surface area contributed by atoms with E-state index in [0.29, 0.717) is 34.1 Å². The zero-order chi connectivity index (χ0) is 23.8. The smallest absolute Gasteiger partial charge is 0.257 e. The van der Waals surface area contributed by atoms with Gasteiger partial charge >= 0.3 is 0 Å². The molecular formula is C24H26ClN3O4S. The number of carbonyl (C=O) groups excluding carboxylic acids is 1. The molecule has 0 aliphatic rings. The fourth-order valence-electron chi connectivity index (χ4n) is 3.23. The van der Waals surface area contributed by atoms with Gasteiger partial charge in [-0.3, -0.25) is 14.5 Å². The van der Waals surface area contributed by atoms with E-state index >= 15 is 0 Å². The number of anilines is 2. The van der Waals surface area contributed by atoms with Gasteiger partial charge in [0.2, 0.25) is 10.0 Å². The number of hydrogen-bond acceptors (Lipinski definition) is 5. The lowest BCUT2D eigenvalue weighted by Crippen LogP contribution is -2.19. The van der Waals surface area contributed by atoms with Crippen molar-refractivity contribution >= 4 is 38.9 Å². The molecule has 2 aromatic carbocycles. The monoisotopic (exact) mass is 487 g/mol. The molecule has 1 amide bonds. The number of aryl methyl sites for hydroxylation is 1. The molecular weight excluding hydrogens is 462 g/mol. The Balaban J connectivity index is 1.76. The Morgan fingerprint density at radius 2 is 1.85 bits per heavy atom. The second-order valence-electron chi connectivity index (χ2n) is 7.51. The maximum Gasteiger partial charge on any atom is 0.257 e. The first-order valence-corrected chi connectivity index (χ1v) is 12.6. The number of benzene rings is 2. The zero-order valence-corrected chi connectivity index (χ0v) is 19.8. The summed E-state index contributed by atoms with van der Waals surface area (Å²) in [6.07, 6.45) is 3.15. The van der Waals surface area contributed by atoms with Crippen LogP contribution in [0, 0.1) is 0 Å². The molecule has 0 radical (unpaired) electrons. The molecule has 174 valence electrons. The number of aliphatic hydroxyl groups excluding tert-OH is 1. The summed E-state index contributed by atoms with van der Waals surface area (Å²) >= 11 is 5.92. The number of carbonyl (C=O) groups is 1. The van der Waals surface area contributed by atoms with E-state index in [0.717, 1.165) is 17.5 Å². The number of halogens is 1. The SMILES string of the molecule is CCCc1ccc(NC(=O)c2ccc(-c3ccc(Cl)cc3)nc2)cc1NS(=O)(=O)CCCO. The van der Waals surface area contributed by atoms with Gasteiger partial charge in [-0.25, -0.2) is 8.42 Å². The van der Waals surface area contributed by atoms with Crippen LogP contribution in [0.1, 0.15) is 35.7 Å². The fraction of sp³-hybridized carbons (Fsp3) is 0.250. The Hall–Kier alpha value is -2.94. The summed E-state index contributed by atoms with van der Waals surface area (Å²) < 4.78 is 27.2. The topological polar surface area (TPSA) is 108 Å². The first-order chi connectivity index (χ1) is 15.8. The van der Waals surface area contributed by atoms with Crippen LogP contribution in [0.25, 0.3) is 11.3 Å². The molecule has 0 bridgehead atoms. The van der Waals surface area contributed by atoms with Crippen LogP contribution in [0.15, 0.2) is 60.8 Å². The van der Waals surface area contributed by atoms with Crippen molar-refractivity contribution in [2.75, 3.05) is 22.4 Å². The highest BCUT2D eigenvalue weighted by Gasteiger charge is 2.15. The molecule has 33 heavy (non-hydrogen) atoms. The largest absolute Gasteiger partial charge is 0.396 e. The molecule has 0 unspecified atom stereocenters. The second-order valence-corrected chi connectivity index (χ2v) is 9.79. The van der Waals surface area contributed by atoms with Crippen LogP contribution >= 0.6 is 11.6 Å². The predicted molar refractivity (Wildman–Crippen MR) is 132 cm³/mol. The molecule has 9 heteroatoms. The van der Waals surface area contributed by atoms with Gasteiger partial charge in [-0.1, -0.05) is 43.1 Å². The minimum absolute atomic E-state index is 0.147. The molecule has 0 fully saturated rings. The predicted octanol–water partition coefficient (Wildman–Crippen LogP) is 4.73. The quantitative estimate of drug-likeness (QED) is 0.383. The molecule has 0 aliphatic carbocycles. The van der Waals surface area contributed by atoms with Crippen molar-refractivity contribution in [3.63, 3.8) is 0 Å². The number of pyridine rings is 1. The molecule has 1 aromatic heterocycles. The molecule has 1 heterocycles. The van der Waals surface area contributed by atoms with Gasteiger partial charge in [0.25, 0.3) is 5.91 Å². The van der Waals surface area contributed by atoms with Crippen molar-refractivity contribution in [3.05, 3.63) is 76.9 Å². The lowest BCUT2D eigenvalue weighted by atomic mass is 10.1. The Morgan fingerprint density at radius 3 is 2.48 bits per heavy atom. The molecule has 3 N–H and O–H groups in total. The van der Waals surface area contributed by atoms with Crippen LogP contribution in [0.4, 0.5) is 11.4 Å². The molecule has 0 saturated carbocycles. The van der Waals surface area contributed by atoms with Crippen LogP contribution in [-0.4, -0.2) is 36.8 Å². The van der Waals surface area contributed by atoms with Crippen molar-refractivity contribution in [2.24, 2.45) is 0 Å². The van der Waals surface area contributed by atoms with Crippen molar-refractivity contribution < 1.29 is 18.3 Å². The highest BCUT2D eigenvalue weighted by molar-refractivity contribution is 7.92. The number of sulfonamides is 1. The summed E-state index contributed by atoms with van der Waals surface area (Å²) in [5.74, 6) is -0.542. The molecule has 0 atom stereocenters. The Kier molecular flexibility index (Phi) is 8.43. The Morgan fingerprint density at radius 1 is 1.09 bits per heavy atom. The van der Waals surface area contributed by atoms with Crippen molar-refractivity contribution in [1.82, 2.24) is 4.98 Å². The summed E-state index contributed by atoms with van der Waals surface area (Å²) in [5, 5.41) is 12.4. The van der Waals surface area contributed by atoms with Crippen molar-refractivity contribution in [2.45, 2.75) is 26.2 Å². The lowest BCUT2D eigenvalue weighted by molar-refractivity contribution is 0.102. The maximum atomic E-state index is 12.7. The average Bonchev–Trinajstić information content (AvgIpc) is 2.80. The van der Waals surface area contributed by atoms with Crippen LogP contribution in [0.2, 0.25) is 5.02 Å². The standard InChI is InChI=1S/C24H26ClN3O4S/c1-2-4-17-7-11-21(15-23(17)28-33(31,32)14-3-13-29)27-24(30)19-8-12-22(26-16-19)18-5-9-20(25)10-6-18/h5-12,15-16,28-29H,2-4,13-14H2,1H3,(H,27,30). The van der Waals surface area contributed by atoms with Gasteiger partial charge in [0.05, 0.1) is 22.7 Å². The normalized spacial score (nSPS) is 11.2. The molecule has 0 saturated heterocycles. The van der Waals surface area contributed by atoms with E-state index < -0.39 is 10.0 Å². The first-order valence-electron chi connectivity index (χ1n) is 10.6. The molecule has 3 aromatic rings. The van der Waals surface area contributed by atoms with E-state index in [2.05, 4.69) is 15.0 Å². The number of hydrogen-bond donors (Lipinski definition) is 3. The first kappa shape index (κ1) is 24.7. The molecule has 0 spiro atoms. The van der Waals surface area contributed by atoms with E-state index in [1.165, 1.54) is 6.20 Å². The Bertz CT molecular complexity index is 1200. The van der Waals surface area contributed by atoms with Gasteiger partial charge in [-0.2, -0.15) is 0 Å². The van der Waals surface area contributed by atoms with Gasteiger partial charge in [0.15, 0.2) is 0 Å². The molecule has 0 aliphatic heterocycles. The van der Waals surface area contributed by atoms with E-state index in [1.807, 2.05) is 19.1 Å². The lowest BCUT2D eigenvalue weighted by Gasteiger charge is -2.14. The van der Waals surface area contributed by atoms with Crippen LogP contribution in [0.5, 0.6) is 0 Å². The minimum Gasteiger partial charge on any atom is -0.396 e. The highest BCUT2D eigenvalue weighted by atomic mass is 35.5. The maximum absolute atomic E-state index is 12.7. The van der Waals surface area contributed by atoms with E-state index in [4.69, 9.17) is 16.7 Å². The van der Waals surface area contributed by atoms with Gasteiger partial charge in [-0.05, 0) is 54.8 Å². The fourth-order valence-corrected chi connectivity index (χ4v) is 4.49. The van der Waals surface area contributed by atoms with Crippen LogP contribution in [-0.2, 0) is 16.4 Å². The molecule has 3 rings (SSSR count). The molecule has 7 nitrogen and oxygen atoms in total. The number of nitrogens with zero attached hydrogens (tertiary/aromatic N) is 1. The number of aliphatic hydroxyl groups is 1. The third-order valence-electron chi connectivity index (χ3n) is 4.89. The summed E-state index contributed by atoms with van der Waals surface area (Å²) in [6.45, 7) is 1.80. The summed E-state index contributed by atoms with van der Waals surface area (Å²) in [4.78, 5) is 17.1. The van der Waals surface area contributed by atoms with Gasteiger partial charge in [0.1, 0.15) is 0 Å². The van der Waals surface area contributed by atoms with Gasteiger partial charge in [0, 0.05) is 29.1 Å². The van der Waals surface area contributed by atoms with Gasteiger partial charge < -0.3 is 10.4 Å². The van der Waals surface area contributed by atoms with E-state index in [-0.39, 0.29) is 24.7 Å². The number of nitrogens with one attached hydrogen (secondary N) is 2. The number of amides is 1. The minimum atomic E-state index is -3.61. The van der Waals surface area contributed by atoms with Crippen molar-refractivity contribution in [1.29, 1.82) is 0 Å². The van der Waals surface area contributed by atoms with Crippen LogP contribution in [0.3, 0.4) is 0 Å². The third-order valence-corrected chi connectivity index (χ3v) is 6.50. The highest BCUT2D eigenvalue weighted by Crippen LogP contribution is 2.25.